The Morgan fingerprint density at radius 1 is 0.947 bits per heavy atom. The van der Waals surface area contributed by atoms with Crippen LogP contribution < -0.4 is 0 Å². The summed E-state index contributed by atoms with van der Waals surface area (Å²) < 4.78 is 2.84. The molecular formula is C16H14N2S. The van der Waals surface area contributed by atoms with Crippen molar-refractivity contribution in [3.63, 3.8) is 0 Å². The molecule has 0 radical (unpaired) electrons. The zero-order valence-electron chi connectivity index (χ0n) is 10.9. The van der Waals surface area contributed by atoms with E-state index >= 15 is 0 Å². The van der Waals surface area contributed by atoms with Crippen molar-refractivity contribution in [2.24, 2.45) is 0 Å². The van der Waals surface area contributed by atoms with Crippen molar-refractivity contribution in [1.29, 1.82) is 0 Å². The van der Waals surface area contributed by atoms with Gasteiger partial charge in [0.15, 0.2) is 0 Å². The zero-order chi connectivity index (χ0) is 13.4. The van der Waals surface area contributed by atoms with Crippen molar-refractivity contribution in [2.45, 2.75) is 13.8 Å². The minimum atomic E-state index is 0.812. The zero-order valence-corrected chi connectivity index (χ0v) is 11.7. The third kappa shape index (κ3) is 2.06. The highest BCUT2D eigenvalue weighted by Crippen LogP contribution is 2.19. The van der Waals surface area contributed by atoms with Crippen LogP contribution in [0.3, 0.4) is 0 Å². The van der Waals surface area contributed by atoms with E-state index in [1.54, 1.807) is 0 Å². The van der Waals surface area contributed by atoms with Gasteiger partial charge in [0.25, 0.3) is 0 Å². The number of rotatable bonds is 1. The predicted molar refractivity (Wildman–Crippen MR) is 81.4 cm³/mol. The molecule has 0 bridgehead atoms. The number of benzene rings is 2. The average molecular weight is 266 g/mol. The summed E-state index contributed by atoms with van der Waals surface area (Å²) in [6.07, 6.45) is 0. The van der Waals surface area contributed by atoms with Crippen molar-refractivity contribution in [3.05, 3.63) is 64.6 Å². The molecule has 3 heteroatoms. The molecule has 0 saturated heterocycles. The Labute approximate surface area is 117 Å². The van der Waals surface area contributed by atoms with Crippen LogP contribution >= 0.6 is 12.2 Å². The summed E-state index contributed by atoms with van der Waals surface area (Å²) in [6, 6.07) is 16.3. The number of hydrogen-bond donors (Lipinski definition) is 0. The Morgan fingerprint density at radius 3 is 2.37 bits per heavy atom. The minimum Gasteiger partial charge on any atom is -0.289 e. The fourth-order valence-corrected chi connectivity index (χ4v) is 2.65. The minimum absolute atomic E-state index is 0.812. The molecule has 0 aliphatic heterocycles. The van der Waals surface area contributed by atoms with Crippen LogP contribution in [0.4, 0.5) is 0 Å². The Kier molecular flexibility index (Phi) is 2.91. The molecule has 3 rings (SSSR count). The van der Waals surface area contributed by atoms with Crippen molar-refractivity contribution < 1.29 is 0 Å². The molecule has 94 valence electrons. The summed E-state index contributed by atoms with van der Waals surface area (Å²) >= 11 is 5.62. The number of para-hydroxylation sites is 1. The maximum absolute atomic E-state index is 5.62. The molecule has 0 atom stereocenters. The van der Waals surface area contributed by atoms with Gasteiger partial charge in [-0.05, 0) is 38.1 Å². The molecule has 2 aromatic carbocycles. The first-order valence-corrected chi connectivity index (χ1v) is 6.63. The van der Waals surface area contributed by atoms with Gasteiger partial charge in [0, 0.05) is 11.1 Å². The second kappa shape index (κ2) is 4.59. The topological polar surface area (TPSA) is 17.8 Å². The molecule has 3 aromatic rings. The van der Waals surface area contributed by atoms with E-state index in [9.17, 15) is 0 Å². The third-order valence-electron chi connectivity index (χ3n) is 3.24. The molecule has 1 heterocycles. The molecular weight excluding hydrogens is 252 g/mol. The highest BCUT2D eigenvalue weighted by molar-refractivity contribution is 7.71. The van der Waals surface area contributed by atoms with Crippen LogP contribution in [0.2, 0.25) is 0 Å². The standard InChI is InChI=1S/C16H14N2S/c1-11-7-9-13(10-8-11)18-12(2)17-15-6-4-3-5-14(15)16(18)19/h3-10H,1-2H3. The number of aryl methyl sites for hydroxylation is 2. The monoisotopic (exact) mass is 266 g/mol. The quantitative estimate of drug-likeness (QED) is 0.609. The fourth-order valence-electron chi connectivity index (χ4n) is 2.24. The van der Waals surface area contributed by atoms with E-state index in [4.69, 9.17) is 12.2 Å². The van der Waals surface area contributed by atoms with Gasteiger partial charge < -0.3 is 0 Å². The van der Waals surface area contributed by atoms with Crippen LogP contribution in [0, 0.1) is 18.5 Å². The number of fused-ring (bicyclic) bond motifs is 1. The summed E-state index contributed by atoms with van der Waals surface area (Å²) in [6.45, 7) is 4.07. The first kappa shape index (κ1) is 12.1. The summed E-state index contributed by atoms with van der Waals surface area (Å²) in [7, 11) is 0. The Balaban J connectivity index is 2.35. The second-order valence-corrected chi connectivity index (χ2v) is 5.04. The van der Waals surface area contributed by atoms with Crippen molar-refractivity contribution in [3.8, 4) is 5.69 Å². The SMILES string of the molecule is Cc1ccc(-n2c(C)nc3ccccc3c2=S)cc1. The summed E-state index contributed by atoms with van der Waals surface area (Å²) in [5.41, 5.74) is 3.25. The molecule has 2 nitrogen and oxygen atoms in total. The first-order valence-electron chi connectivity index (χ1n) is 6.22. The van der Waals surface area contributed by atoms with Gasteiger partial charge in [-0.3, -0.25) is 4.57 Å². The smallest absolute Gasteiger partial charge is 0.121 e. The molecule has 0 unspecified atom stereocenters. The van der Waals surface area contributed by atoms with Crippen LogP contribution in [-0.2, 0) is 0 Å². The van der Waals surface area contributed by atoms with Crippen molar-refractivity contribution in [1.82, 2.24) is 9.55 Å². The second-order valence-electron chi connectivity index (χ2n) is 4.65. The van der Waals surface area contributed by atoms with Crippen molar-refractivity contribution in [2.75, 3.05) is 0 Å². The maximum Gasteiger partial charge on any atom is 0.121 e. The van der Waals surface area contributed by atoms with Crippen LogP contribution in [0.15, 0.2) is 48.5 Å². The third-order valence-corrected chi connectivity index (χ3v) is 3.64. The van der Waals surface area contributed by atoms with E-state index in [0.29, 0.717) is 0 Å². The van der Waals surface area contributed by atoms with E-state index < -0.39 is 0 Å². The molecule has 19 heavy (non-hydrogen) atoms. The van der Waals surface area contributed by atoms with Gasteiger partial charge >= 0.3 is 0 Å². The lowest BCUT2D eigenvalue weighted by Crippen LogP contribution is -2.05. The lowest BCUT2D eigenvalue weighted by Gasteiger charge is -2.12. The van der Waals surface area contributed by atoms with Gasteiger partial charge in [0.1, 0.15) is 10.5 Å². The van der Waals surface area contributed by atoms with Gasteiger partial charge in [-0.1, -0.05) is 42.0 Å². The number of nitrogens with zero attached hydrogens (tertiary/aromatic N) is 2. The van der Waals surface area contributed by atoms with Crippen molar-refractivity contribution >= 4 is 23.1 Å². The highest BCUT2D eigenvalue weighted by atomic mass is 32.1. The summed E-state index contributed by atoms with van der Waals surface area (Å²) in [4.78, 5) is 4.63. The van der Waals surface area contributed by atoms with E-state index in [-0.39, 0.29) is 0 Å². The van der Waals surface area contributed by atoms with Crippen LogP contribution in [-0.4, -0.2) is 9.55 Å². The molecule has 1 aromatic heterocycles. The molecule has 0 amide bonds. The Morgan fingerprint density at radius 2 is 1.63 bits per heavy atom. The Bertz CT molecular complexity index is 801. The maximum atomic E-state index is 5.62. The summed E-state index contributed by atoms with van der Waals surface area (Å²) in [5, 5.41) is 1.02. The largest absolute Gasteiger partial charge is 0.289 e. The van der Waals surface area contributed by atoms with E-state index in [1.807, 2.05) is 35.8 Å². The average Bonchev–Trinajstić information content (AvgIpc) is 2.41. The molecule has 0 aliphatic rings. The lowest BCUT2D eigenvalue weighted by molar-refractivity contribution is 0.916. The number of hydrogen-bond acceptors (Lipinski definition) is 2. The normalized spacial score (nSPS) is 10.8. The molecule has 0 saturated carbocycles. The summed E-state index contributed by atoms with van der Waals surface area (Å²) in [5.74, 6) is 0.910. The van der Waals surface area contributed by atoms with Crippen LogP contribution in [0.25, 0.3) is 16.6 Å². The lowest BCUT2D eigenvalue weighted by atomic mass is 10.2. The van der Waals surface area contributed by atoms with Gasteiger partial charge in [-0.15, -0.1) is 0 Å². The van der Waals surface area contributed by atoms with Gasteiger partial charge in [-0.2, -0.15) is 0 Å². The molecule has 0 N–H and O–H groups in total. The first-order chi connectivity index (χ1) is 9.16. The molecule has 0 spiro atoms. The van der Waals surface area contributed by atoms with Crippen LogP contribution in [0.1, 0.15) is 11.4 Å². The van der Waals surface area contributed by atoms with Gasteiger partial charge in [0.2, 0.25) is 0 Å². The fraction of sp³-hybridized carbons (Fsp3) is 0.125. The highest BCUT2D eigenvalue weighted by Gasteiger charge is 2.06. The van der Waals surface area contributed by atoms with Crippen LogP contribution in [0.5, 0.6) is 0 Å². The Hall–Kier alpha value is -2.00. The molecule has 0 fully saturated rings. The predicted octanol–water partition coefficient (Wildman–Crippen LogP) is 4.37. The van der Waals surface area contributed by atoms with E-state index in [0.717, 1.165) is 27.1 Å². The van der Waals surface area contributed by atoms with Gasteiger partial charge in [0.05, 0.1) is 5.52 Å². The van der Waals surface area contributed by atoms with Gasteiger partial charge in [-0.25, -0.2) is 4.98 Å². The number of aromatic nitrogens is 2. The van der Waals surface area contributed by atoms with E-state index in [1.165, 1.54) is 5.56 Å². The van der Waals surface area contributed by atoms with E-state index in [2.05, 4.69) is 36.2 Å². The molecule has 0 aliphatic carbocycles.